The molecule has 112 valence electrons. The molecule has 0 heterocycles. The van der Waals surface area contributed by atoms with Crippen LogP contribution in [0, 0.1) is 25.2 Å². The summed E-state index contributed by atoms with van der Waals surface area (Å²) in [7, 11) is 0. The van der Waals surface area contributed by atoms with Crippen LogP contribution in [0.4, 0.5) is 0 Å². The van der Waals surface area contributed by atoms with Gasteiger partial charge in [0.05, 0.1) is 0 Å². The van der Waals surface area contributed by atoms with Crippen molar-refractivity contribution in [3.8, 4) is 0 Å². The lowest BCUT2D eigenvalue weighted by molar-refractivity contribution is 0.160. The molecule has 0 aliphatic heterocycles. The van der Waals surface area contributed by atoms with Gasteiger partial charge in [-0.1, -0.05) is 44.5 Å². The van der Waals surface area contributed by atoms with E-state index in [0.29, 0.717) is 5.41 Å². The first-order valence-electron chi connectivity index (χ1n) is 8.21. The zero-order valence-electron chi connectivity index (χ0n) is 13.9. The minimum atomic E-state index is 0.491. The van der Waals surface area contributed by atoms with Crippen molar-refractivity contribution in [3.63, 3.8) is 0 Å². The molecule has 0 radical (unpaired) electrons. The third-order valence-corrected chi connectivity index (χ3v) is 5.01. The molecule has 0 spiro atoms. The number of nitrogens with one attached hydrogen (secondary N) is 1. The zero-order chi connectivity index (χ0) is 14.8. The molecule has 0 saturated heterocycles. The molecule has 2 atom stereocenters. The van der Waals surface area contributed by atoms with E-state index < -0.39 is 0 Å². The van der Waals surface area contributed by atoms with Gasteiger partial charge in [0.25, 0.3) is 0 Å². The number of hydrogen-bond acceptors (Lipinski definition) is 1. The van der Waals surface area contributed by atoms with Gasteiger partial charge in [0.15, 0.2) is 0 Å². The minimum absolute atomic E-state index is 0.491. The molecule has 1 fully saturated rings. The van der Waals surface area contributed by atoms with Crippen LogP contribution in [0.3, 0.4) is 0 Å². The molecule has 1 aromatic carbocycles. The monoisotopic (exact) mass is 273 g/mol. The molecule has 1 aromatic rings. The van der Waals surface area contributed by atoms with Crippen LogP contribution in [-0.4, -0.2) is 13.1 Å². The summed E-state index contributed by atoms with van der Waals surface area (Å²) in [6.45, 7) is 13.8. The van der Waals surface area contributed by atoms with Gasteiger partial charge in [0.1, 0.15) is 0 Å². The molecule has 20 heavy (non-hydrogen) atoms. The second kappa shape index (κ2) is 6.30. The summed E-state index contributed by atoms with van der Waals surface area (Å²) in [6.07, 6.45) is 4.05. The van der Waals surface area contributed by atoms with Crippen LogP contribution in [0.2, 0.25) is 0 Å². The Morgan fingerprint density at radius 3 is 2.65 bits per heavy atom. The Kier molecular flexibility index (Phi) is 4.90. The Hall–Kier alpha value is -0.820. The van der Waals surface area contributed by atoms with E-state index in [9.17, 15) is 0 Å². The topological polar surface area (TPSA) is 12.0 Å². The van der Waals surface area contributed by atoms with E-state index in [0.717, 1.165) is 18.4 Å². The van der Waals surface area contributed by atoms with Gasteiger partial charge in [-0.25, -0.2) is 0 Å². The summed E-state index contributed by atoms with van der Waals surface area (Å²) >= 11 is 0. The minimum Gasteiger partial charge on any atom is -0.317 e. The smallest absolute Gasteiger partial charge is 0.00148 e. The summed E-state index contributed by atoms with van der Waals surface area (Å²) in [4.78, 5) is 0. The van der Waals surface area contributed by atoms with Gasteiger partial charge in [-0.15, -0.1) is 0 Å². The van der Waals surface area contributed by atoms with Crippen molar-refractivity contribution < 1.29 is 0 Å². The molecule has 2 unspecified atom stereocenters. The van der Waals surface area contributed by atoms with Crippen molar-refractivity contribution in [3.05, 3.63) is 34.9 Å². The zero-order valence-corrected chi connectivity index (χ0v) is 13.9. The molecule has 1 saturated carbocycles. The number of rotatable bonds is 4. The first-order chi connectivity index (χ1) is 9.43. The van der Waals surface area contributed by atoms with Crippen molar-refractivity contribution in [2.45, 2.75) is 59.8 Å². The second-order valence-electron chi connectivity index (χ2n) is 7.44. The lowest BCUT2D eigenvalue weighted by Gasteiger charge is -2.42. The molecule has 1 nitrogen and oxygen atoms in total. The fourth-order valence-corrected chi connectivity index (χ4v) is 3.82. The summed E-state index contributed by atoms with van der Waals surface area (Å²) in [6, 6.07) is 7.02. The van der Waals surface area contributed by atoms with E-state index >= 15 is 0 Å². The van der Waals surface area contributed by atoms with Crippen molar-refractivity contribution >= 4 is 0 Å². The molecular formula is C19H31N. The van der Waals surface area contributed by atoms with Gasteiger partial charge in [0, 0.05) is 0 Å². The van der Waals surface area contributed by atoms with Crippen LogP contribution in [0.15, 0.2) is 18.2 Å². The van der Waals surface area contributed by atoms with E-state index in [4.69, 9.17) is 0 Å². The predicted molar refractivity (Wildman–Crippen MR) is 88.3 cm³/mol. The summed E-state index contributed by atoms with van der Waals surface area (Å²) in [5.41, 5.74) is 4.94. The molecular weight excluding hydrogens is 242 g/mol. The largest absolute Gasteiger partial charge is 0.317 e. The van der Waals surface area contributed by atoms with Crippen LogP contribution in [0.1, 0.15) is 62.6 Å². The lowest BCUT2D eigenvalue weighted by atomic mass is 9.64. The van der Waals surface area contributed by atoms with Crippen molar-refractivity contribution in [2.75, 3.05) is 13.1 Å². The van der Waals surface area contributed by atoms with Crippen molar-refractivity contribution in [1.29, 1.82) is 0 Å². The normalized spacial score (nSPS) is 25.6. The Morgan fingerprint density at radius 2 is 2.00 bits per heavy atom. The summed E-state index contributed by atoms with van der Waals surface area (Å²) in [5, 5.41) is 3.58. The summed E-state index contributed by atoms with van der Waals surface area (Å²) in [5.74, 6) is 1.52. The predicted octanol–water partition coefficient (Wildman–Crippen LogP) is 4.82. The maximum Gasteiger partial charge on any atom is -0.00148 e. The first-order valence-corrected chi connectivity index (χ1v) is 8.21. The third-order valence-electron chi connectivity index (χ3n) is 5.01. The van der Waals surface area contributed by atoms with Crippen LogP contribution in [0.25, 0.3) is 0 Å². The van der Waals surface area contributed by atoms with Crippen LogP contribution >= 0.6 is 0 Å². The highest BCUT2D eigenvalue weighted by Gasteiger charge is 2.35. The maximum atomic E-state index is 3.58. The van der Waals surface area contributed by atoms with E-state index in [1.54, 1.807) is 5.56 Å². The molecule has 1 aliphatic carbocycles. The van der Waals surface area contributed by atoms with E-state index in [2.05, 4.69) is 58.1 Å². The SMILES string of the molecule is CCNCC1CCC(C)(C)CC1c1ccc(C)cc1C. The van der Waals surface area contributed by atoms with Gasteiger partial charge in [-0.2, -0.15) is 0 Å². The van der Waals surface area contributed by atoms with Crippen LogP contribution in [0.5, 0.6) is 0 Å². The van der Waals surface area contributed by atoms with E-state index in [-0.39, 0.29) is 0 Å². The molecule has 0 aromatic heterocycles. The molecule has 0 bridgehead atoms. The van der Waals surface area contributed by atoms with Gasteiger partial charge in [0.2, 0.25) is 0 Å². The molecule has 1 N–H and O–H groups in total. The fourth-order valence-electron chi connectivity index (χ4n) is 3.82. The molecule has 0 amide bonds. The Bertz CT molecular complexity index is 447. The quantitative estimate of drug-likeness (QED) is 0.829. The molecule has 1 heteroatoms. The van der Waals surface area contributed by atoms with Crippen LogP contribution < -0.4 is 5.32 Å². The van der Waals surface area contributed by atoms with Gasteiger partial charge in [-0.3, -0.25) is 0 Å². The van der Waals surface area contributed by atoms with Gasteiger partial charge < -0.3 is 5.32 Å². The van der Waals surface area contributed by atoms with Crippen molar-refractivity contribution in [2.24, 2.45) is 11.3 Å². The van der Waals surface area contributed by atoms with Gasteiger partial charge >= 0.3 is 0 Å². The lowest BCUT2D eigenvalue weighted by Crippen LogP contribution is -2.35. The highest BCUT2D eigenvalue weighted by atomic mass is 14.8. The first kappa shape index (κ1) is 15.6. The van der Waals surface area contributed by atoms with Crippen LogP contribution in [-0.2, 0) is 0 Å². The highest BCUT2D eigenvalue weighted by Crippen LogP contribution is 2.47. The summed E-state index contributed by atoms with van der Waals surface area (Å²) < 4.78 is 0. The number of hydrogen-bond donors (Lipinski definition) is 1. The second-order valence-corrected chi connectivity index (χ2v) is 7.44. The van der Waals surface area contributed by atoms with Gasteiger partial charge in [-0.05, 0) is 74.6 Å². The number of aryl methyl sites for hydroxylation is 2. The molecule has 1 aliphatic rings. The maximum absolute atomic E-state index is 3.58. The average molecular weight is 273 g/mol. The number of benzene rings is 1. The highest BCUT2D eigenvalue weighted by molar-refractivity contribution is 5.34. The van der Waals surface area contributed by atoms with E-state index in [1.165, 1.54) is 36.9 Å². The average Bonchev–Trinajstić information content (AvgIpc) is 2.37. The van der Waals surface area contributed by atoms with E-state index in [1.807, 2.05) is 0 Å². The standard InChI is InChI=1S/C19H31N/c1-6-20-13-16-9-10-19(4,5)12-18(16)17-8-7-14(2)11-15(17)3/h7-8,11,16,18,20H,6,9-10,12-13H2,1-5H3. The third kappa shape index (κ3) is 3.63. The Balaban J connectivity index is 2.26. The van der Waals surface area contributed by atoms with Crippen molar-refractivity contribution in [1.82, 2.24) is 5.32 Å². The Labute approximate surface area is 125 Å². The Morgan fingerprint density at radius 1 is 1.25 bits per heavy atom. The molecule has 2 rings (SSSR count). The fraction of sp³-hybridized carbons (Fsp3) is 0.684.